The second kappa shape index (κ2) is 11.3. The Kier molecular flexibility index (Phi) is 6.56. The number of benzene rings is 8. The van der Waals surface area contributed by atoms with Crippen LogP contribution in [0.25, 0.3) is 66.1 Å². The van der Waals surface area contributed by atoms with E-state index in [4.69, 9.17) is 4.42 Å². The minimum absolute atomic E-state index is 0.221. The minimum atomic E-state index is -0.221. The zero-order valence-corrected chi connectivity index (χ0v) is 28.6. The Labute approximate surface area is 297 Å². The fourth-order valence-corrected chi connectivity index (χ4v) is 8.34. The van der Waals surface area contributed by atoms with Crippen molar-refractivity contribution in [1.29, 1.82) is 0 Å². The summed E-state index contributed by atoms with van der Waals surface area (Å²) >= 11 is 0. The molecular formula is C49H35NO. The fraction of sp³-hybridized carbons (Fsp3) is 0.0612. The predicted octanol–water partition coefficient (Wildman–Crippen LogP) is 13.8. The maximum atomic E-state index is 6.58. The Hall–Kier alpha value is -6.38. The lowest BCUT2D eigenvalue weighted by Crippen LogP contribution is -2.15. The van der Waals surface area contributed by atoms with Crippen molar-refractivity contribution < 1.29 is 4.42 Å². The van der Waals surface area contributed by atoms with Crippen LogP contribution in [0.1, 0.15) is 25.0 Å². The van der Waals surface area contributed by atoms with Crippen molar-refractivity contribution in [3.05, 3.63) is 187 Å². The highest BCUT2D eigenvalue weighted by molar-refractivity contribution is 6.17. The van der Waals surface area contributed by atoms with Crippen molar-refractivity contribution >= 4 is 49.8 Å². The number of rotatable bonds is 5. The first-order valence-electron chi connectivity index (χ1n) is 17.7. The van der Waals surface area contributed by atoms with Gasteiger partial charge in [0.1, 0.15) is 11.2 Å². The van der Waals surface area contributed by atoms with Gasteiger partial charge in [-0.3, -0.25) is 0 Å². The second-order valence-electron chi connectivity index (χ2n) is 14.1. The number of para-hydroxylation sites is 1. The van der Waals surface area contributed by atoms with E-state index in [1.807, 2.05) is 0 Å². The summed E-state index contributed by atoms with van der Waals surface area (Å²) in [4.78, 5) is 2.41. The summed E-state index contributed by atoms with van der Waals surface area (Å²) in [5, 5.41) is 4.76. The molecule has 2 heteroatoms. The third-order valence-electron chi connectivity index (χ3n) is 10.8. The van der Waals surface area contributed by atoms with Gasteiger partial charge in [-0.2, -0.15) is 0 Å². The van der Waals surface area contributed by atoms with E-state index in [9.17, 15) is 0 Å². The summed E-state index contributed by atoms with van der Waals surface area (Å²) in [5.74, 6) is 0. The molecule has 51 heavy (non-hydrogen) atoms. The van der Waals surface area contributed by atoms with E-state index in [-0.39, 0.29) is 5.41 Å². The molecule has 0 amide bonds. The zero-order valence-electron chi connectivity index (χ0n) is 28.6. The molecule has 0 fully saturated rings. The van der Waals surface area contributed by atoms with Crippen molar-refractivity contribution in [3.8, 4) is 33.4 Å². The van der Waals surface area contributed by atoms with Gasteiger partial charge in [0.05, 0.1) is 0 Å². The van der Waals surface area contributed by atoms with E-state index in [2.05, 4.69) is 195 Å². The Bertz CT molecular complexity index is 2770. The largest absolute Gasteiger partial charge is 0.456 e. The maximum Gasteiger partial charge on any atom is 0.136 e. The topological polar surface area (TPSA) is 16.4 Å². The van der Waals surface area contributed by atoms with Crippen molar-refractivity contribution in [3.63, 3.8) is 0 Å². The molecule has 0 spiro atoms. The van der Waals surface area contributed by atoms with E-state index in [0.717, 1.165) is 33.6 Å². The van der Waals surface area contributed by atoms with Gasteiger partial charge in [-0.25, -0.2) is 0 Å². The van der Waals surface area contributed by atoms with Crippen LogP contribution in [0.5, 0.6) is 0 Å². The molecule has 8 aromatic carbocycles. The minimum Gasteiger partial charge on any atom is -0.456 e. The molecule has 10 rings (SSSR count). The van der Waals surface area contributed by atoms with Gasteiger partial charge >= 0.3 is 0 Å². The summed E-state index contributed by atoms with van der Waals surface area (Å²) in [6, 6.07) is 63.6. The summed E-state index contributed by atoms with van der Waals surface area (Å²) < 4.78 is 6.58. The first-order chi connectivity index (χ1) is 25.0. The van der Waals surface area contributed by atoms with E-state index < -0.39 is 0 Å². The third-order valence-corrected chi connectivity index (χ3v) is 10.8. The monoisotopic (exact) mass is 653 g/mol. The molecular weight excluding hydrogens is 619 g/mol. The number of hydrogen-bond donors (Lipinski definition) is 0. The van der Waals surface area contributed by atoms with Gasteiger partial charge in [-0.15, -0.1) is 0 Å². The molecule has 0 N–H and O–H groups in total. The molecule has 2 nitrogen and oxygen atoms in total. The lowest BCUT2D eigenvalue weighted by Gasteiger charge is -2.28. The third kappa shape index (κ3) is 4.64. The smallest absolute Gasteiger partial charge is 0.136 e. The van der Waals surface area contributed by atoms with Crippen molar-refractivity contribution in [2.45, 2.75) is 19.3 Å². The molecule has 0 unspecified atom stereocenters. The van der Waals surface area contributed by atoms with E-state index >= 15 is 0 Å². The molecule has 0 aliphatic heterocycles. The molecule has 9 aromatic rings. The highest BCUT2D eigenvalue weighted by Crippen LogP contribution is 2.56. The van der Waals surface area contributed by atoms with Gasteiger partial charge in [0.25, 0.3) is 0 Å². The molecule has 1 aromatic heterocycles. The first-order valence-corrected chi connectivity index (χ1v) is 17.7. The highest BCUT2D eigenvalue weighted by atomic mass is 16.3. The average Bonchev–Trinajstić information content (AvgIpc) is 3.66. The fourth-order valence-electron chi connectivity index (χ4n) is 8.34. The average molecular weight is 654 g/mol. The molecule has 0 saturated carbocycles. The van der Waals surface area contributed by atoms with Gasteiger partial charge in [0.15, 0.2) is 0 Å². The lowest BCUT2D eigenvalue weighted by atomic mass is 9.81. The van der Waals surface area contributed by atoms with Gasteiger partial charge in [-0.1, -0.05) is 141 Å². The summed E-state index contributed by atoms with van der Waals surface area (Å²) in [6.07, 6.45) is 0. The van der Waals surface area contributed by atoms with E-state index in [1.165, 1.54) is 60.7 Å². The van der Waals surface area contributed by atoms with Crippen LogP contribution >= 0.6 is 0 Å². The summed E-state index contributed by atoms with van der Waals surface area (Å²) in [7, 11) is 0. The molecule has 0 bridgehead atoms. The Morgan fingerprint density at radius 3 is 1.90 bits per heavy atom. The summed E-state index contributed by atoms with van der Waals surface area (Å²) in [6.45, 7) is 4.70. The molecule has 0 atom stereocenters. The van der Waals surface area contributed by atoms with Crippen molar-refractivity contribution in [2.75, 3.05) is 4.90 Å². The van der Waals surface area contributed by atoms with Crippen LogP contribution in [0, 0.1) is 0 Å². The Morgan fingerprint density at radius 2 is 1.08 bits per heavy atom. The number of nitrogens with zero attached hydrogens (tertiary/aromatic N) is 1. The SMILES string of the molecule is CC1(C)c2ccc(N(c3cccc(-c4ccccc4)c3)c3ccc4ccccc4c3)cc2-c2c1cc1oc3ccccc3c1c2-c1ccccc1. The van der Waals surface area contributed by atoms with Crippen LogP contribution < -0.4 is 4.90 Å². The van der Waals surface area contributed by atoms with Crippen LogP contribution in [0.15, 0.2) is 180 Å². The van der Waals surface area contributed by atoms with Crippen LogP contribution in [0.4, 0.5) is 17.1 Å². The van der Waals surface area contributed by atoms with Crippen LogP contribution in [-0.2, 0) is 5.41 Å². The summed E-state index contributed by atoms with van der Waals surface area (Å²) in [5.41, 5.74) is 15.0. The quantitative estimate of drug-likeness (QED) is 0.184. The number of fused-ring (bicyclic) bond motifs is 7. The number of furan rings is 1. The van der Waals surface area contributed by atoms with E-state index in [1.54, 1.807) is 0 Å². The van der Waals surface area contributed by atoms with Crippen LogP contribution in [0.3, 0.4) is 0 Å². The second-order valence-corrected chi connectivity index (χ2v) is 14.1. The molecule has 0 radical (unpaired) electrons. The molecule has 1 heterocycles. The highest BCUT2D eigenvalue weighted by Gasteiger charge is 2.39. The molecule has 1 aliphatic rings. The van der Waals surface area contributed by atoms with Crippen molar-refractivity contribution in [2.24, 2.45) is 0 Å². The van der Waals surface area contributed by atoms with Crippen molar-refractivity contribution in [1.82, 2.24) is 0 Å². The standard InChI is InChI=1S/C49H35NO/c1-49(2)42-27-26-39(30-41(42)47-43(49)31-45-48(40-22-11-12-23-44(40)51-45)46(47)34-17-7-4-8-18-34)50(38-25-24-33-16-9-10-19-35(33)29-38)37-21-13-20-36(28-37)32-14-5-3-6-15-32/h3-31H,1-2H3. The predicted molar refractivity (Wildman–Crippen MR) is 214 cm³/mol. The molecule has 1 aliphatic carbocycles. The van der Waals surface area contributed by atoms with Gasteiger partial charge < -0.3 is 9.32 Å². The normalized spacial score (nSPS) is 13.1. The Morgan fingerprint density at radius 1 is 0.431 bits per heavy atom. The molecule has 242 valence electrons. The Balaban J connectivity index is 1.25. The number of hydrogen-bond acceptors (Lipinski definition) is 2. The van der Waals surface area contributed by atoms with Crippen LogP contribution in [-0.4, -0.2) is 0 Å². The van der Waals surface area contributed by atoms with Gasteiger partial charge in [0, 0.05) is 38.8 Å². The van der Waals surface area contributed by atoms with E-state index in [0.29, 0.717) is 0 Å². The first kappa shape index (κ1) is 29.5. The van der Waals surface area contributed by atoms with Crippen LogP contribution in [0.2, 0.25) is 0 Å². The lowest BCUT2D eigenvalue weighted by molar-refractivity contribution is 0.647. The van der Waals surface area contributed by atoms with Gasteiger partial charge in [-0.05, 0) is 98.2 Å². The van der Waals surface area contributed by atoms with Gasteiger partial charge in [0.2, 0.25) is 0 Å². The zero-order chi connectivity index (χ0) is 34.1. The number of anilines is 3. The maximum absolute atomic E-state index is 6.58. The molecule has 0 saturated heterocycles.